The highest BCUT2D eigenvalue weighted by molar-refractivity contribution is 9.10. The van der Waals surface area contributed by atoms with Crippen LogP contribution < -0.4 is 15.6 Å². The molecule has 1 rings (SSSR count). The van der Waals surface area contributed by atoms with Crippen LogP contribution in [0.2, 0.25) is 0 Å². The maximum Gasteiger partial charge on any atom is 0.133 e. The van der Waals surface area contributed by atoms with Crippen molar-refractivity contribution < 1.29 is 20.4 Å². The summed E-state index contributed by atoms with van der Waals surface area (Å²) >= 11 is 3.37. The van der Waals surface area contributed by atoms with Crippen molar-refractivity contribution in [1.29, 1.82) is 0 Å². The van der Waals surface area contributed by atoms with E-state index in [0.29, 0.717) is 6.42 Å². The summed E-state index contributed by atoms with van der Waals surface area (Å²) < 4.78 is 5.95. The summed E-state index contributed by atoms with van der Waals surface area (Å²) in [5.41, 5.74) is 4.90. The molecule has 0 spiro atoms. The normalized spacial score (nSPS) is 12.2. The van der Waals surface area contributed by atoms with Crippen molar-refractivity contribution >= 4 is 21.9 Å². The second-order valence-electron chi connectivity index (χ2n) is 3.50. The maximum absolute atomic E-state index is 10.3. The smallest absolute Gasteiger partial charge is 0.133 e. The van der Waals surface area contributed by atoms with Gasteiger partial charge in [0.2, 0.25) is 0 Å². The molecular weight excluding hydrogens is 274 g/mol. The molecule has 4 nitrogen and oxygen atoms in total. The van der Waals surface area contributed by atoms with Crippen LogP contribution in [0.15, 0.2) is 22.7 Å². The second kappa shape index (κ2) is 5.86. The predicted octanol–water partition coefficient (Wildman–Crippen LogP) is 0.271. The van der Waals surface area contributed by atoms with E-state index in [1.807, 2.05) is 18.2 Å². The zero-order valence-corrected chi connectivity index (χ0v) is 10.6. The summed E-state index contributed by atoms with van der Waals surface area (Å²) in [6, 6.07) is 5.55. The van der Waals surface area contributed by atoms with E-state index < -0.39 is 5.97 Å². The first-order valence-electron chi connectivity index (χ1n) is 4.91. The number of ether oxygens (including phenoxy) is 1. The first-order chi connectivity index (χ1) is 7.54. The highest BCUT2D eigenvalue weighted by Crippen LogP contribution is 2.27. The number of hydrogen-bond donors (Lipinski definition) is 1. The molecule has 1 aromatic rings. The van der Waals surface area contributed by atoms with Gasteiger partial charge in [0.25, 0.3) is 0 Å². The summed E-state index contributed by atoms with van der Waals surface area (Å²) in [6.45, 7) is 0. The van der Waals surface area contributed by atoms with Crippen molar-refractivity contribution in [3.05, 3.63) is 28.2 Å². The van der Waals surface area contributed by atoms with Crippen LogP contribution >= 0.6 is 15.9 Å². The third-order valence-corrected chi connectivity index (χ3v) is 2.96. The largest absolute Gasteiger partial charge is 0.550 e. The number of aliphatic carboxylic acids is 1. The quantitative estimate of drug-likeness (QED) is 0.845. The van der Waals surface area contributed by atoms with Gasteiger partial charge in [0.1, 0.15) is 11.8 Å². The molecular formula is C11H14BrNO3. The molecule has 1 aromatic carbocycles. The molecule has 88 valence electrons. The summed E-state index contributed by atoms with van der Waals surface area (Å²) in [6.07, 6.45) is 0.499. The van der Waals surface area contributed by atoms with E-state index in [1.165, 1.54) is 0 Å². The van der Waals surface area contributed by atoms with Gasteiger partial charge >= 0.3 is 0 Å². The Hall–Kier alpha value is -1.07. The van der Waals surface area contributed by atoms with Crippen LogP contribution in [0.4, 0.5) is 0 Å². The van der Waals surface area contributed by atoms with Gasteiger partial charge in [0, 0.05) is 18.0 Å². The van der Waals surface area contributed by atoms with Gasteiger partial charge in [-0.15, -0.1) is 0 Å². The molecule has 0 unspecified atom stereocenters. The van der Waals surface area contributed by atoms with Crippen molar-refractivity contribution in [2.24, 2.45) is 0 Å². The van der Waals surface area contributed by atoms with E-state index in [1.54, 1.807) is 7.11 Å². The van der Waals surface area contributed by atoms with Crippen LogP contribution in [0, 0.1) is 0 Å². The summed E-state index contributed by atoms with van der Waals surface area (Å²) in [5.74, 6) is -0.294. The first kappa shape index (κ1) is 13.0. The number of carbonyl (C=O) groups excluding carboxylic acids is 1. The van der Waals surface area contributed by atoms with Gasteiger partial charge < -0.3 is 20.4 Å². The van der Waals surface area contributed by atoms with Gasteiger partial charge in [-0.3, -0.25) is 0 Å². The summed E-state index contributed by atoms with van der Waals surface area (Å²) in [4.78, 5) is 10.3. The molecule has 0 saturated carbocycles. The number of benzene rings is 1. The van der Waals surface area contributed by atoms with Crippen LogP contribution in [0.5, 0.6) is 5.75 Å². The van der Waals surface area contributed by atoms with E-state index in [4.69, 9.17) is 4.74 Å². The minimum atomic E-state index is -1.04. The SMILES string of the molecule is COc1ccc([C@H]([NH3+])CCC(=O)[O-])cc1Br. The summed E-state index contributed by atoms with van der Waals surface area (Å²) in [5, 5.41) is 10.3. The molecule has 0 aliphatic heterocycles. The van der Waals surface area contributed by atoms with Crippen molar-refractivity contribution in [2.75, 3.05) is 7.11 Å². The Morgan fingerprint density at radius 3 is 2.81 bits per heavy atom. The zero-order chi connectivity index (χ0) is 12.1. The molecule has 0 aromatic heterocycles. The standard InChI is InChI=1S/C11H14BrNO3/c1-16-10-4-2-7(6-8(10)12)9(13)3-5-11(14)15/h2,4,6,9H,3,5,13H2,1H3,(H,14,15)/t9-/m1/s1. The first-order valence-corrected chi connectivity index (χ1v) is 5.70. The highest BCUT2D eigenvalue weighted by Gasteiger charge is 2.11. The highest BCUT2D eigenvalue weighted by atomic mass is 79.9. The second-order valence-corrected chi connectivity index (χ2v) is 4.36. The number of hydrogen-bond acceptors (Lipinski definition) is 3. The fourth-order valence-corrected chi connectivity index (χ4v) is 1.95. The Labute approximate surface area is 103 Å². The van der Waals surface area contributed by atoms with E-state index >= 15 is 0 Å². The minimum Gasteiger partial charge on any atom is -0.550 e. The molecule has 0 heterocycles. The Morgan fingerprint density at radius 2 is 2.31 bits per heavy atom. The maximum atomic E-state index is 10.3. The van der Waals surface area contributed by atoms with Crippen molar-refractivity contribution in [1.82, 2.24) is 0 Å². The third-order valence-electron chi connectivity index (χ3n) is 2.34. The Kier molecular flexibility index (Phi) is 4.76. The molecule has 0 amide bonds. The van der Waals surface area contributed by atoms with Gasteiger partial charge in [-0.25, -0.2) is 0 Å². The Bertz CT molecular complexity index is 381. The van der Waals surface area contributed by atoms with Crippen molar-refractivity contribution in [3.63, 3.8) is 0 Å². The van der Waals surface area contributed by atoms with Crippen LogP contribution in [0.3, 0.4) is 0 Å². The molecule has 0 bridgehead atoms. The van der Waals surface area contributed by atoms with E-state index in [0.717, 1.165) is 15.8 Å². The number of quaternary nitrogens is 1. The van der Waals surface area contributed by atoms with Crippen LogP contribution in [0.25, 0.3) is 0 Å². The van der Waals surface area contributed by atoms with E-state index in [2.05, 4.69) is 21.7 Å². The van der Waals surface area contributed by atoms with Crippen LogP contribution in [-0.2, 0) is 4.79 Å². The lowest BCUT2D eigenvalue weighted by molar-refractivity contribution is -0.428. The molecule has 5 heteroatoms. The Morgan fingerprint density at radius 1 is 1.62 bits per heavy atom. The number of carbonyl (C=O) groups is 1. The lowest BCUT2D eigenvalue weighted by atomic mass is 10.0. The van der Waals surface area contributed by atoms with Gasteiger partial charge in [0.15, 0.2) is 0 Å². The van der Waals surface area contributed by atoms with Crippen LogP contribution in [-0.4, -0.2) is 13.1 Å². The van der Waals surface area contributed by atoms with E-state index in [-0.39, 0.29) is 12.5 Å². The minimum absolute atomic E-state index is 0.0256. The molecule has 0 aliphatic rings. The van der Waals surface area contributed by atoms with Crippen molar-refractivity contribution in [2.45, 2.75) is 18.9 Å². The molecule has 3 N–H and O–H groups in total. The van der Waals surface area contributed by atoms with Crippen LogP contribution in [0.1, 0.15) is 24.4 Å². The molecule has 0 radical (unpaired) electrons. The monoisotopic (exact) mass is 287 g/mol. The lowest BCUT2D eigenvalue weighted by Gasteiger charge is -2.11. The number of rotatable bonds is 5. The van der Waals surface area contributed by atoms with Gasteiger partial charge in [-0.2, -0.15) is 0 Å². The predicted molar refractivity (Wildman–Crippen MR) is 60.6 cm³/mol. The number of halogens is 1. The lowest BCUT2D eigenvalue weighted by Crippen LogP contribution is -2.53. The molecule has 0 saturated heterocycles. The number of methoxy groups -OCH3 is 1. The third kappa shape index (κ3) is 3.50. The zero-order valence-electron chi connectivity index (χ0n) is 9.03. The topological polar surface area (TPSA) is 77.0 Å². The van der Waals surface area contributed by atoms with Gasteiger partial charge in [-0.05, 0) is 40.5 Å². The fraction of sp³-hybridized carbons (Fsp3) is 0.364. The van der Waals surface area contributed by atoms with Crippen molar-refractivity contribution in [3.8, 4) is 5.75 Å². The molecule has 1 atom stereocenters. The summed E-state index contributed by atoms with van der Waals surface area (Å²) in [7, 11) is 1.59. The molecule has 0 aliphatic carbocycles. The van der Waals surface area contributed by atoms with Gasteiger partial charge in [-0.1, -0.05) is 0 Å². The Balaban J connectivity index is 2.72. The van der Waals surface area contributed by atoms with Gasteiger partial charge in [0.05, 0.1) is 11.6 Å². The average molecular weight is 288 g/mol. The average Bonchev–Trinajstić information content (AvgIpc) is 2.25. The number of carboxylic acid groups (broad SMARTS) is 1. The molecule has 0 fully saturated rings. The fourth-order valence-electron chi connectivity index (χ4n) is 1.40. The molecule has 16 heavy (non-hydrogen) atoms. The van der Waals surface area contributed by atoms with E-state index in [9.17, 15) is 9.90 Å². The number of carboxylic acids is 1.